The second kappa shape index (κ2) is 9.21. The Bertz CT molecular complexity index is 972. The molecular weight excluding hydrogens is 399 g/mol. The van der Waals surface area contributed by atoms with Crippen LogP contribution in [0.3, 0.4) is 0 Å². The van der Waals surface area contributed by atoms with Gasteiger partial charge in [-0.25, -0.2) is 4.39 Å². The van der Waals surface area contributed by atoms with Crippen molar-refractivity contribution in [1.82, 2.24) is 14.8 Å². The fourth-order valence-electron chi connectivity index (χ4n) is 2.75. The third-order valence-corrected chi connectivity index (χ3v) is 5.48. The quantitative estimate of drug-likeness (QED) is 0.556. The molecule has 0 saturated heterocycles. The van der Waals surface area contributed by atoms with Crippen LogP contribution < -0.4 is 5.32 Å². The van der Waals surface area contributed by atoms with Gasteiger partial charge in [0, 0.05) is 28.6 Å². The third-order valence-electron chi connectivity index (χ3n) is 4.14. The lowest BCUT2D eigenvalue weighted by molar-refractivity contribution is -0.115. The molecule has 0 unspecified atom stereocenters. The van der Waals surface area contributed by atoms with Crippen LogP contribution in [0.5, 0.6) is 0 Å². The number of anilines is 1. The molecule has 0 radical (unpaired) electrons. The van der Waals surface area contributed by atoms with Gasteiger partial charge in [-0.05, 0) is 43.7 Å². The van der Waals surface area contributed by atoms with Crippen molar-refractivity contribution in [3.63, 3.8) is 0 Å². The number of carbonyl (C=O) groups excluding carboxylic acids is 1. The van der Waals surface area contributed by atoms with Crippen molar-refractivity contribution in [2.45, 2.75) is 37.7 Å². The molecule has 0 bridgehead atoms. The maximum atomic E-state index is 14.0. The molecule has 0 aliphatic heterocycles. The summed E-state index contributed by atoms with van der Waals surface area (Å²) >= 11 is 7.42. The lowest BCUT2D eigenvalue weighted by Crippen LogP contribution is -2.17. The van der Waals surface area contributed by atoms with Gasteiger partial charge in [0.25, 0.3) is 0 Å². The van der Waals surface area contributed by atoms with E-state index in [0.717, 1.165) is 11.3 Å². The van der Waals surface area contributed by atoms with Gasteiger partial charge in [0.1, 0.15) is 11.6 Å². The number of amides is 1. The van der Waals surface area contributed by atoms with Crippen LogP contribution in [0.25, 0.3) is 0 Å². The van der Waals surface area contributed by atoms with E-state index in [4.69, 9.17) is 11.6 Å². The van der Waals surface area contributed by atoms with Gasteiger partial charge in [0.15, 0.2) is 5.16 Å². The molecule has 0 aliphatic carbocycles. The number of nitrogens with one attached hydrogen (secondary N) is 1. The predicted molar refractivity (Wildman–Crippen MR) is 110 cm³/mol. The summed E-state index contributed by atoms with van der Waals surface area (Å²) in [7, 11) is 0. The van der Waals surface area contributed by atoms with E-state index in [1.54, 1.807) is 12.1 Å². The van der Waals surface area contributed by atoms with E-state index in [1.807, 2.05) is 42.7 Å². The summed E-state index contributed by atoms with van der Waals surface area (Å²) in [5.74, 6) is 0.385. The van der Waals surface area contributed by atoms with Gasteiger partial charge in [-0.2, -0.15) is 0 Å². The summed E-state index contributed by atoms with van der Waals surface area (Å²) in [6.45, 7) is 4.52. The number of halogens is 2. The Balaban J connectivity index is 1.68. The molecule has 0 saturated carbocycles. The van der Waals surface area contributed by atoms with Crippen LogP contribution in [-0.2, 0) is 23.5 Å². The maximum Gasteiger partial charge on any atom is 0.232 e. The van der Waals surface area contributed by atoms with E-state index in [9.17, 15) is 9.18 Å². The summed E-state index contributed by atoms with van der Waals surface area (Å²) in [5.41, 5.74) is 2.25. The van der Waals surface area contributed by atoms with Crippen molar-refractivity contribution < 1.29 is 9.18 Å². The van der Waals surface area contributed by atoms with E-state index in [2.05, 4.69) is 15.5 Å². The molecule has 0 fully saturated rings. The lowest BCUT2D eigenvalue weighted by atomic mass is 10.2. The van der Waals surface area contributed by atoms with Crippen molar-refractivity contribution >= 4 is 35.0 Å². The molecule has 8 heteroatoms. The van der Waals surface area contributed by atoms with Crippen LogP contribution in [0.4, 0.5) is 10.1 Å². The zero-order chi connectivity index (χ0) is 20.1. The first-order valence-corrected chi connectivity index (χ1v) is 10.2. The van der Waals surface area contributed by atoms with Crippen LogP contribution >= 0.6 is 23.4 Å². The number of thioether (sulfide) groups is 1. The average molecular weight is 419 g/mol. The molecule has 3 aromatic rings. The number of benzene rings is 2. The number of aryl methyl sites for hydroxylation is 1. The van der Waals surface area contributed by atoms with Gasteiger partial charge < -0.3 is 9.88 Å². The molecule has 0 aliphatic rings. The highest BCUT2D eigenvalue weighted by Crippen LogP contribution is 2.28. The van der Waals surface area contributed by atoms with Crippen LogP contribution in [0.15, 0.2) is 47.6 Å². The van der Waals surface area contributed by atoms with E-state index >= 15 is 0 Å². The lowest BCUT2D eigenvalue weighted by Gasteiger charge is -2.09. The second-order valence-electron chi connectivity index (χ2n) is 6.23. The van der Waals surface area contributed by atoms with Crippen LogP contribution in [0.2, 0.25) is 5.02 Å². The van der Waals surface area contributed by atoms with Crippen molar-refractivity contribution in [3.8, 4) is 0 Å². The van der Waals surface area contributed by atoms with Gasteiger partial charge in [0.05, 0.1) is 6.42 Å². The van der Waals surface area contributed by atoms with Crippen LogP contribution in [-0.4, -0.2) is 20.7 Å². The van der Waals surface area contributed by atoms with Gasteiger partial charge in [-0.3, -0.25) is 4.79 Å². The highest BCUT2D eigenvalue weighted by Gasteiger charge is 2.16. The molecule has 1 N–H and O–H groups in total. The zero-order valence-corrected chi connectivity index (χ0v) is 17.1. The molecule has 0 atom stereocenters. The summed E-state index contributed by atoms with van der Waals surface area (Å²) < 4.78 is 15.8. The highest BCUT2D eigenvalue weighted by molar-refractivity contribution is 7.98. The first-order valence-electron chi connectivity index (χ1n) is 8.82. The molecule has 28 heavy (non-hydrogen) atoms. The minimum atomic E-state index is -0.347. The summed E-state index contributed by atoms with van der Waals surface area (Å²) in [6, 6.07) is 12.2. The molecule has 146 valence electrons. The number of hydrogen-bond donors (Lipinski definition) is 1. The molecule has 1 aromatic heterocycles. The monoisotopic (exact) mass is 418 g/mol. The molecule has 1 heterocycles. The number of nitrogens with zero attached hydrogens (tertiary/aromatic N) is 3. The van der Waals surface area contributed by atoms with Crippen molar-refractivity contribution in [3.05, 3.63) is 70.3 Å². The SMILES string of the molecule is CCn1c(CC(=O)Nc2cccc(C)c2)nnc1SCc1c(F)cccc1Cl. The summed E-state index contributed by atoms with van der Waals surface area (Å²) in [4.78, 5) is 12.4. The minimum absolute atomic E-state index is 0.107. The Morgan fingerprint density at radius 3 is 2.75 bits per heavy atom. The summed E-state index contributed by atoms with van der Waals surface area (Å²) in [6.07, 6.45) is 0.107. The van der Waals surface area contributed by atoms with Gasteiger partial charge >= 0.3 is 0 Å². The fourth-order valence-corrected chi connectivity index (χ4v) is 4.12. The Labute approximate surface area is 172 Å². The second-order valence-corrected chi connectivity index (χ2v) is 7.58. The van der Waals surface area contributed by atoms with Crippen molar-refractivity contribution in [2.24, 2.45) is 0 Å². The zero-order valence-electron chi connectivity index (χ0n) is 15.6. The van der Waals surface area contributed by atoms with Crippen molar-refractivity contribution in [2.75, 3.05) is 5.32 Å². The number of rotatable bonds is 7. The topological polar surface area (TPSA) is 59.8 Å². The Hall–Kier alpha value is -2.38. The summed E-state index contributed by atoms with van der Waals surface area (Å²) in [5, 5.41) is 12.2. The van der Waals surface area contributed by atoms with E-state index < -0.39 is 0 Å². The normalized spacial score (nSPS) is 10.9. The molecule has 1 amide bonds. The smallest absolute Gasteiger partial charge is 0.232 e. The first-order chi connectivity index (χ1) is 13.5. The molecule has 2 aromatic carbocycles. The van der Waals surface area contributed by atoms with Gasteiger partial charge in [0.2, 0.25) is 5.91 Å². The van der Waals surface area contributed by atoms with Gasteiger partial charge in [-0.1, -0.05) is 41.6 Å². The standard InChI is InChI=1S/C20H20ClFN4OS/c1-3-26-18(11-19(27)23-14-7-4-6-13(2)10-14)24-25-20(26)28-12-15-16(21)8-5-9-17(15)22/h4-10H,3,11-12H2,1-2H3,(H,23,27). The van der Waals surface area contributed by atoms with Crippen LogP contribution in [0.1, 0.15) is 23.9 Å². The predicted octanol–water partition coefficient (Wildman–Crippen LogP) is 4.87. The number of carbonyl (C=O) groups is 1. The average Bonchev–Trinajstić information content (AvgIpc) is 3.02. The molecule has 3 rings (SSSR count). The van der Waals surface area contributed by atoms with E-state index in [-0.39, 0.29) is 18.1 Å². The Morgan fingerprint density at radius 2 is 2.04 bits per heavy atom. The van der Waals surface area contributed by atoms with Crippen molar-refractivity contribution in [1.29, 1.82) is 0 Å². The largest absolute Gasteiger partial charge is 0.326 e. The van der Waals surface area contributed by atoms with E-state index in [1.165, 1.54) is 17.8 Å². The number of hydrogen-bond acceptors (Lipinski definition) is 4. The first kappa shape index (κ1) is 20.4. The Morgan fingerprint density at radius 1 is 1.25 bits per heavy atom. The fraction of sp³-hybridized carbons (Fsp3) is 0.250. The van der Waals surface area contributed by atoms with E-state index in [0.29, 0.717) is 33.9 Å². The maximum absolute atomic E-state index is 14.0. The van der Waals surface area contributed by atoms with Gasteiger partial charge in [-0.15, -0.1) is 10.2 Å². The highest BCUT2D eigenvalue weighted by atomic mass is 35.5. The Kier molecular flexibility index (Phi) is 6.70. The molecule has 5 nitrogen and oxygen atoms in total. The number of aromatic nitrogens is 3. The minimum Gasteiger partial charge on any atom is -0.326 e. The third kappa shape index (κ3) is 4.91. The molecule has 0 spiro atoms. The molecular formula is C20H20ClFN4OS. The van der Waals surface area contributed by atoms with Crippen LogP contribution in [0, 0.1) is 12.7 Å².